The molecule has 3 unspecified atom stereocenters. The molecule has 23 heavy (non-hydrogen) atoms. The van der Waals surface area contributed by atoms with E-state index in [2.05, 4.69) is 58.9 Å². The Kier molecular flexibility index (Phi) is 6.95. The lowest BCUT2D eigenvalue weighted by molar-refractivity contribution is -0.0171. The molecule has 1 aromatic rings. The molecule has 0 aliphatic carbocycles. The minimum atomic E-state index is 0.416. The van der Waals surface area contributed by atoms with Gasteiger partial charge in [-0.1, -0.05) is 39.8 Å². The van der Waals surface area contributed by atoms with Gasteiger partial charge in [0.15, 0.2) is 0 Å². The summed E-state index contributed by atoms with van der Waals surface area (Å²) >= 11 is 0. The Labute approximate surface area is 142 Å². The molecule has 1 aromatic carbocycles. The topological polar surface area (TPSA) is 18.5 Å². The Bertz CT molecular complexity index is 441. The van der Waals surface area contributed by atoms with E-state index in [1.54, 1.807) is 0 Å². The van der Waals surface area contributed by atoms with Gasteiger partial charge in [-0.15, -0.1) is 0 Å². The van der Waals surface area contributed by atoms with Gasteiger partial charge in [0.25, 0.3) is 0 Å². The lowest BCUT2D eigenvalue weighted by Crippen LogP contribution is -2.27. The average molecular weight is 319 g/mol. The van der Waals surface area contributed by atoms with Crippen molar-refractivity contribution in [3.05, 3.63) is 29.8 Å². The molecule has 0 aromatic heterocycles. The van der Waals surface area contributed by atoms with Crippen LogP contribution in [0.1, 0.15) is 65.4 Å². The molecule has 2 nitrogen and oxygen atoms in total. The summed E-state index contributed by atoms with van der Waals surface area (Å²) < 4.78 is 11.7. The summed E-state index contributed by atoms with van der Waals surface area (Å²) in [6.45, 7) is 13.0. The van der Waals surface area contributed by atoms with Crippen LogP contribution < -0.4 is 4.74 Å². The third-order valence-corrected chi connectivity index (χ3v) is 4.92. The van der Waals surface area contributed by atoms with Gasteiger partial charge < -0.3 is 9.47 Å². The maximum atomic E-state index is 5.98. The highest BCUT2D eigenvalue weighted by Gasteiger charge is 2.20. The van der Waals surface area contributed by atoms with Crippen LogP contribution in [0, 0.1) is 17.8 Å². The van der Waals surface area contributed by atoms with Gasteiger partial charge in [-0.05, 0) is 61.6 Å². The van der Waals surface area contributed by atoms with Crippen LogP contribution in [0.4, 0.5) is 0 Å². The van der Waals surface area contributed by atoms with Crippen molar-refractivity contribution in [1.82, 2.24) is 0 Å². The predicted octanol–water partition coefficient (Wildman–Crippen LogP) is 5.67. The van der Waals surface area contributed by atoms with Crippen molar-refractivity contribution in [3.8, 4) is 5.75 Å². The molecule has 1 heterocycles. The quantitative estimate of drug-likeness (QED) is 0.645. The standard InChI is InChI=1S/C21H34O2/c1-15(2)12-21(16(3)4)19-8-10-20(11-9-19)23-14-18-7-6-17(5)22-13-18/h8-11,15-18,21H,6-7,12-14H2,1-5H3. The van der Waals surface area contributed by atoms with E-state index < -0.39 is 0 Å². The van der Waals surface area contributed by atoms with E-state index in [9.17, 15) is 0 Å². The van der Waals surface area contributed by atoms with Gasteiger partial charge >= 0.3 is 0 Å². The lowest BCUT2D eigenvalue weighted by atomic mass is 9.82. The third-order valence-electron chi connectivity index (χ3n) is 4.92. The van der Waals surface area contributed by atoms with E-state index in [1.807, 2.05) is 0 Å². The molecule has 1 aliphatic rings. The minimum Gasteiger partial charge on any atom is -0.493 e. The van der Waals surface area contributed by atoms with Gasteiger partial charge in [-0.25, -0.2) is 0 Å². The molecule has 1 fully saturated rings. The Hall–Kier alpha value is -1.02. The number of benzene rings is 1. The van der Waals surface area contributed by atoms with E-state index in [-0.39, 0.29) is 0 Å². The highest BCUT2D eigenvalue weighted by atomic mass is 16.5. The number of ether oxygens (including phenoxy) is 2. The van der Waals surface area contributed by atoms with Crippen LogP contribution in [-0.2, 0) is 4.74 Å². The van der Waals surface area contributed by atoms with Crippen LogP contribution in [-0.4, -0.2) is 19.3 Å². The average Bonchev–Trinajstić information content (AvgIpc) is 2.52. The first-order valence-electron chi connectivity index (χ1n) is 9.30. The van der Waals surface area contributed by atoms with Crippen LogP contribution in [0.15, 0.2) is 24.3 Å². The van der Waals surface area contributed by atoms with Crippen LogP contribution in [0.5, 0.6) is 5.75 Å². The monoisotopic (exact) mass is 318 g/mol. The fourth-order valence-electron chi connectivity index (χ4n) is 3.40. The maximum absolute atomic E-state index is 5.98. The largest absolute Gasteiger partial charge is 0.493 e. The molecule has 0 spiro atoms. The minimum absolute atomic E-state index is 0.416. The molecule has 1 saturated heterocycles. The molecule has 0 saturated carbocycles. The van der Waals surface area contributed by atoms with Gasteiger partial charge in [-0.3, -0.25) is 0 Å². The summed E-state index contributed by atoms with van der Waals surface area (Å²) in [5, 5.41) is 0. The van der Waals surface area contributed by atoms with Gasteiger partial charge in [0, 0.05) is 5.92 Å². The molecule has 0 N–H and O–H groups in total. The zero-order chi connectivity index (χ0) is 16.8. The first-order chi connectivity index (χ1) is 11.0. The summed E-state index contributed by atoms with van der Waals surface area (Å²) in [6, 6.07) is 8.78. The summed E-state index contributed by atoms with van der Waals surface area (Å²) in [4.78, 5) is 0. The predicted molar refractivity (Wildman–Crippen MR) is 97.1 cm³/mol. The second-order valence-electron chi connectivity index (χ2n) is 7.95. The van der Waals surface area contributed by atoms with Crippen molar-refractivity contribution < 1.29 is 9.47 Å². The van der Waals surface area contributed by atoms with E-state index in [4.69, 9.17) is 9.47 Å². The fourth-order valence-corrected chi connectivity index (χ4v) is 3.40. The maximum Gasteiger partial charge on any atom is 0.119 e. The second-order valence-corrected chi connectivity index (χ2v) is 7.95. The molecule has 2 heteroatoms. The molecule has 130 valence electrons. The molecule has 2 rings (SSSR count). The molecule has 0 radical (unpaired) electrons. The van der Waals surface area contributed by atoms with Gasteiger partial charge in [0.05, 0.1) is 19.3 Å². The molecule has 0 bridgehead atoms. The fraction of sp³-hybridized carbons (Fsp3) is 0.714. The molecule has 0 amide bonds. The van der Waals surface area contributed by atoms with Crippen molar-refractivity contribution in [2.45, 2.75) is 65.9 Å². The van der Waals surface area contributed by atoms with Crippen LogP contribution in [0.2, 0.25) is 0 Å². The van der Waals surface area contributed by atoms with Gasteiger partial charge in [0.1, 0.15) is 5.75 Å². The van der Waals surface area contributed by atoms with Crippen molar-refractivity contribution in [3.63, 3.8) is 0 Å². The SMILES string of the molecule is CC(C)CC(c1ccc(OCC2CCC(C)OC2)cc1)C(C)C. The van der Waals surface area contributed by atoms with E-state index >= 15 is 0 Å². The highest BCUT2D eigenvalue weighted by Crippen LogP contribution is 2.32. The Morgan fingerprint density at radius 2 is 1.78 bits per heavy atom. The smallest absolute Gasteiger partial charge is 0.119 e. The van der Waals surface area contributed by atoms with Crippen molar-refractivity contribution in [2.75, 3.05) is 13.2 Å². The second kappa shape index (κ2) is 8.73. The van der Waals surface area contributed by atoms with E-state index in [0.29, 0.717) is 23.9 Å². The Morgan fingerprint density at radius 1 is 1.09 bits per heavy atom. The Morgan fingerprint density at radius 3 is 2.30 bits per heavy atom. The van der Waals surface area contributed by atoms with E-state index in [0.717, 1.165) is 31.3 Å². The molecule has 1 aliphatic heterocycles. The van der Waals surface area contributed by atoms with Gasteiger partial charge in [-0.2, -0.15) is 0 Å². The summed E-state index contributed by atoms with van der Waals surface area (Å²) in [5.74, 6) is 3.56. The number of hydrogen-bond donors (Lipinski definition) is 0. The summed E-state index contributed by atoms with van der Waals surface area (Å²) in [7, 11) is 0. The normalized spacial score (nSPS) is 23.3. The van der Waals surface area contributed by atoms with Gasteiger partial charge in [0.2, 0.25) is 0 Å². The van der Waals surface area contributed by atoms with Crippen LogP contribution in [0.3, 0.4) is 0 Å². The Balaban J connectivity index is 1.88. The summed E-state index contributed by atoms with van der Waals surface area (Å²) in [5.41, 5.74) is 1.44. The molecule has 3 atom stereocenters. The number of rotatable bonds is 7. The molecular weight excluding hydrogens is 284 g/mol. The zero-order valence-electron chi connectivity index (χ0n) is 15.5. The van der Waals surface area contributed by atoms with Crippen molar-refractivity contribution >= 4 is 0 Å². The first kappa shape index (κ1) is 18.3. The van der Waals surface area contributed by atoms with Crippen LogP contribution in [0.25, 0.3) is 0 Å². The third kappa shape index (κ3) is 5.84. The molecular formula is C21H34O2. The van der Waals surface area contributed by atoms with Crippen LogP contribution >= 0.6 is 0 Å². The number of hydrogen-bond acceptors (Lipinski definition) is 2. The first-order valence-corrected chi connectivity index (χ1v) is 9.30. The lowest BCUT2D eigenvalue weighted by Gasteiger charge is -2.27. The zero-order valence-corrected chi connectivity index (χ0v) is 15.5. The van der Waals surface area contributed by atoms with Crippen molar-refractivity contribution in [1.29, 1.82) is 0 Å². The van der Waals surface area contributed by atoms with E-state index in [1.165, 1.54) is 18.4 Å². The highest BCUT2D eigenvalue weighted by molar-refractivity contribution is 5.29. The summed E-state index contributed by atoms with van der Waals surface area (Å²) in [6.07, 6.45) is 4.02. The van der Waals surface area contributed by atoms with Crippen molar-refractivity contribution in [2.24, 2.45) is 17.8 Å².